The minimum atomic E-state index is 0.402. The summed E-state index contributed by atoms with van der Waals surface area (Å²) < 4.78 is 7.59. The summed E-state index contributed by atoms with van der Waals surface area (Å²) in [5, 5.41) is 3.34. The molecule has 0 atom stereocenters. The lowest BCUT2D eigenvalue weighted by Gasteiger charge is -2.09. The minimum Gasteiger partial charge on any atom is -0.471 e. The lowest BCUT2D eigenvalue weighted by atomic mass is 10.1. The molecule has 0 bridgehead atoms. The molecular weight excluding hydrogens is 288 g/mol. The van der Waals surface area contributed by atoms with Gasteiger partial charge in [-0.1, -0.05) is 37.8 Å². The lowest BCUT2D eigenvalue weighted by Crippen LogP contribution is -2.11. The molecule has 0 amide bonds. The van der Waals surface area contributed by atoms with Gasteiger partial charge in [0.1, 0.15) is 6.61 Å². The Morgan fingerprint density at radius 1 is 1.39 bits per heavy atom. The Labute approximate surface area is 135 Å². The van der Waals surface area contributed by atoms with E-state index >= 15 is 0 Å². The van der Waals surface area contributed by atoms with Crippen LogP contribution in [0.25, 0.3) is 16.9 Å². The summed E-state index contributed by atoms with van der Waals surface area (Å²) in [4.78, 5) is 8.92. The first-order valence-electron chi connectivity index (χ1n) is 7.69. The van der Waals surface area contributed by atoms with Crippen LogP contribution in [0.2, 0.25) is 0 Å². The Kier molecular flexibility index (Phi) is 4.68. The maximum absolute atomic E-state index is 5.66. The topological polar surface area (TPSA) is 51.5 Å². The average Bonchev–Trinajstić information content (AvgIpc) is 3.06. The molecular formula is C18H20N4O. The highest BCUT2D eigenvalue weighted by atomic mass is 16.5. The van der Waals surface area contributed by atoms with Gasteiger partial charge in [-0.05, 0) is 18.2 Å². The number of benzene rings is 1. The molecule has 0 saturated carbocycles. The van der Waals surface area contributed by atoms with Gasteiger partial charge < -0.3 is 14.5 Å². The number of nitrogens with one attached hydrogen (secondary N) is 1. The van der Waals surface area contributed by atoms with Gasteiger partial charge in [-0.2, -0.15) is 0 Å². The molecule has 1 N–H and O–H groups in total. The van der Waals surface area contributed by atoms with Crippen LogP contribution < -0.4 is 10.1 Å². The first kappa shape index (κ1) is 15.2. The molecule has 5 nitrogen and oxygen atoms in total. The molecule has 3 aromatic rings. The Morgan fingerprint density at radius 3 is 3.13 bits per heavy atom. The van der Waals surface area contributed by atoms with Gasteiger partial charge in [0, 0.05) is 30.7 Å². The van der Waals surface area contributed by atoms with Crippen molar-refractivity contribution in [1.82, 2.24) is 19.7 Å². The molecule has 3 rings (SSSR count). The Bertz CT molecular complexity index is 810. The molecule has 0 aliphatic rings. The highest BCUT2D eigenvalue weighted by molar-refractivity contribution is 5.63. The number of hydrogen-bond donors (Lipinski definition) is 1. The monoisotopic (exact) mass is 308 g/mol. The standard InChI is InChI=1S/C18H20N4O/c1-3-10-23-18-17-20-8-9-22(17)13-16(21-18)15-7-5-6-14(11-15)12-19-4-2/h3,5-9,11,13,19H,1,4,10,12H2,2H3. The van der Waals surface area contributed by atoms with Crippen LogP contribution in [0.5, 0.6) is 5.88 Å². The van der Waals surface area contributed by atoms with E-state index in [-0.39, 0.29) is 0 Å². The second-order valence-electron chi connectivity index (χ2n) is 5.17. The van der Waals surface area contributed by atoms with Crippen molar-refractivity contribution in [3.63, 3.8) is 0 Å². The van der Waals surface area contributed by atoms with Gasteiger partial charge in [0.25, 0.3) is 5.88 Å². The van der Waals surface area contributed by atoms with E-state index in [2.05, 4.69) is 47.0 Å². The van der Waals surface area contributed by atoms with Gasteiger partial charge in [0.05, 0.1) is 5.69 Å². The number of rotatable bonds is 7. The number of hydrogen-bond acceptors (Lipinski definition) is 4. The van der Waals surface area contributed by atoms with Crippen LogP contribution >= 0.6 is 0 Å². The average molecular weight is 308 g/mol. The second-order valence-corrected chi connectivity index (χ2v) is 5.17. The van der Waals surface area contributed by atoms with Crippen LogP contribution in [-0.2, 0) is 6.54 Å². The predicted molar refractivity (Wildman–Crippen MR) is 91.5 cm³/mol. The number of imidazole rings is 1. The summed E-state index contributed by atoms with van der Waals surface area (Å²) in [5.74, 6) is 0.518. The van der Waals surface area contributed by atoms with E-state index in [1.54, 1.807) is 12.3 Å². The van der Waals surface area contributed by atoms with Crippen molar-refractivity contribution in [2.24, 2.45) is 0 Å². The van der Waals surface area contributed by atoms with E-state index in [0.717, 1.165) is 24.3 Å². The fourth-order valence-electron chi connectivity index (χ4n) is 2.39. The molecule has 0 saturated heterocycles. The van der Waals surface area contributed by atoms with E-state index in [1.165, 1.54) is 5.56 Å². The molecule has 0 radical (unpaired) electrons. The molecule has 0 fully saturated rings. The molecule has 0 spiro atoms. The van der Waals surface area contributed by atoms with Crippen LogP contribution in [-0.4, -0.2) is 27.5 Å². The molecule has 23 heavy (non-hydrogen) atoms. The van der Waals surface area contributed by atoms with E-state index in [1.807, 2.05) is 22.9 Å². The molecule has 0 unspecified atom stereocenters. The first-order valence-corrected chi connectivity index (χ1v) is 7.69. The zero-order valence-electron chi connectivity index (χ0n) is 13.2. The fraction of sp³-hybridized carbons (Fsp3) is 0.222. The van der Waals surface area contributed by atoms with Gasteiger partial charge in [-0.3, -0.25) is 0 Å². The molecule has 0 aliphatic heterocycles. The summed E-state index contributed by atoms with van der Waals surface area (Å²) in [5.41, 5.74) is 3.84. The number of fused-ring (bicyclic) bond motifs is 1. The maximum Gasteiger partial charge on any atom is 0.259 e. The molecule has 118 valence electrons. The predicted octanol–water partition coefficient (Wildman–Crippen LogP) is 3.07. The third-order valence-corrected chi connectivity index (χ3v) is 3.48. The van der Waals surface area contributed by atoms with Gasteiger partial charge in [0.15, 0.2) is 0 Å². The highest BCUT2D eigenvalue weighted by Gasteiger charge is 2.10. The summed E-state index contributed by atoms with van der Waals surface area (Å²) >= 11 is 0. The SMILES string of the molecule is C=CCOc1nc(-c2cccc(CNCC)c2)cn2ccnc12. The van der Waals surface area contributed by atoms with Crippen molar-refractivity contribution in [2.45, 2.75) is 13.5 Å². The van der Waals surface area contributed by atoms with Crippen LogP contribution in [0.1, 0.15) is 12.5 Å². The smallest absolute Gasteiger partial charge is 0.259 e. The van der Waals surface area contributed by atoms with E-state index in [4.69, 9.17) is 4.74 Å². The molecule has 2 aromatic heterocycles. The van der Waals surface area contributed by atoms with Crippen LogP contribution in [0.15, 0.2) is 55.5 Å². The van der Waals surface area contributed by atoms with E-state index in [0.29, 0.717) is 18.1 Å². The third-order valence-electron chi connectivity index (χ3n) is 3.48. The fourth-order valence-corrected chi connectivity index (χ4v) is 2.39. The van der Waals surface area contributed by atoms with Crippen LogP contribution in [0.3, 0.4) is 0 Å². The largest absolute Gasteiger partial charge is 0.471 e. The van der Waals surface area contributed by atoms with E-state index < -0.39 is 0 Å². The first-order chi connectivity index (χ1) is 11.3. The summed E-state index contributed by atoms with van der Waals surface area (Å²) in [6.07, 6.45) is 7.30. The van der Waals surface area contributed by atoms with Crippen molar-refractivity contribution in [2.75, 3.05) is 13.2 Å². The Balaban J connectivity index is 2.00. The number of nitrogens with zero attached hydrogens (tertiary/aromatic N) is 3. The summed E-state index contributed by atoms with van der Waals surface area (Å²) in [6, 6.07) is 8.35. The molecule has 2 heterocycles. The molecule has 0 aliphatic carbocycles. The van der Waals surface area contributed by atoms with Gasteiger partial charge >= 0.3 is 0 Å². The van der Waals surface area contributed by atoms with Crippen molar-refractivity contribution in [3.8, 4) is 17.1 Å². The molecule has 5 heteroatoms. The van der Waals surface area contributed by atoms with Crippen molar-refractivity contribution >= 4 is 5.65 Å². The normalized spacial score (nSPS) is 10.8. The third kappa shape index (κ3) is 3.40. The second kappa shape index (κ2) is 7.07. The van der Waals surface area contributed by atoms with Crippen molar-refractivity contribution in [3.05, 3.63) is 61.1 Å². The van der Waals surface area contributed by atoms with Crippen LogP contribution in [0.4, 0.5) is 0 Å². The summed E-state index contributed by atoms with van der Waals surface area (Å²) in [7, 11) is 0. The lowest BCUT2D eigenvalue weighted by molar-refractivity contribution is 0.351. The quantitative estimate of drug-likeness (QED) is 0.682. The molecule has 1 aromatic carbocycles. The highest BCUT2D eigenvalue weighted by Crippen LogP contribution is 2.24. The Hall–Kier alpha value is -2.66. The number of ether oxygens (including phenoxy) is 1. The van der Waals surface area contributed by atoms with Gasteiger partial charge in [-0.15, -0.1) is 0 Å². The van der Waals surface area contributed by atoms with Gasteiger partial charge in [0.2, 0.25) is 5.65 Å². The van der Waals surface area contributed by atoms with E-state index in [9.17, 15) is 0 Å². The summed E-state index contributed by atoms with van der Waals surface area (Å²) in [6.45, 7) is 7.97. The maximum atomic E-state index is 5.66. The minimum absolute atomic E-state index is 0.402. The number of aromatic nitrogens is 3. The van der Waals surface area contributed by atoms with Crippen LogP contribution in [0, 0.1) is 0 Å². The van der Waals surface area contributed by atoms with Crippen molar-refractivity contribution in [1.29, 1.82) is 0 Å². The Morgan fingerprint density at radius 2 is 2.30 bits per heavy atom. The van der Waals surface area contributed by atoms with Gasteiger partial charge in [-0.25, -0.2) is 9.97 Å². The van der Waals surface area contributed by atoms with Crippen molar-refractivity contribution < 1.29 is 4.74 Å². The zero-order valence-corrected chi connectivity index (χ0v) is 13.2. The zero-order chi connectivity index (χ0) is 16.1.